The molecule has 0 aromatic rings. The van der Waals surface area contributed by atoms with Crippen molar-refractivity contribution in [2.45, 2.75) is 18.9 Å². The van der Waals surface area contributed by atoms with Crippen LogP contribution in [-0.2, 0) is 4.79 Å². The molecular formula is C7H13NO2. The van der Waals surface area contributed by atoms with E-state index in [2.05, 4.69) is 4.90 Å². The summed E-state index contributed by atoms with van der Waals surface area (Å²) in [5, 5.41) is 8.91. The Morgan fingerprint density at radius 2 is 2.10 bits per heavy atom. The molecule has 3 heteroatoms. The molecule has 0 radical (unpaired) electrons. The van der Waals surface area contributed by atoms with Gasteiger partial charge < -0.3 is 14.8 Å². The number of likely N-dealkylation sites (tertiary alicyclic amines) is 1. The second-order valence-corrected chi connectivity index (χ2v) is 2.71. The van der Waals surface area contributed by atoms with E-state index in [-0.39, 0.29) is 0 Å². The Kier molecular flexibility index (Phi) is 2.83. The topological polar surface area (TPSA) is 40.5 Å². The standard InChI is InChI=1S/C7H13NO2/c9-6-7(10)5-8-3-1-2-4-8/h6-7,10H,1-5H2/t7-/m1/s1. The fourth-order valence-corrected chi connectivity index (χ4v) is 1.27. The second-order valence-electron chi connectivity index (χ2n) is 2.71. The number of aliphatic hydroxyl groups excluding tert-OH is 1. The van der Waals surface area contributed by atoms with Crippen molar-refractivity contribution in [3.8, 4) is 0 Å². The summed E-state index contributed by atoms with van der Waals surface area (Å²) in [5.74, 6) is 0. The van der Waals surface area contributed by atoms with Gasteiger partial charge in [0.25, 0.3) is 0 Å². The fourth-order valence-electron chi connectivity index (χ4n) is 1.27. The van der Waals surface area contributed by atoms with Gasteiger partial charge in [0.1, 0.15) is 12.4 Å². The lowest BCUT2D eigenvalue weighted by molar-refractivity contribution is -0.115. The lowest BCUT2D eigenvalue weighted by atomic mass is 10.4. The Bertz CT molecular complexity index is 110. The highest BCUT2D eigenvalue weighted by molar-refractivity contribution is 5.55. The van der Waals surface area contributed by atoms with E-state index in [4.69, 9.17) is 5.11 Å². The number of aldehydes is 1. The first-order valence-electron chi connectivity index (χ1n) is 3.68. The summed E-state index contributed by atoms with van der Waals surface area (Å²) >= 11 is 0. The van der Waals surface area contributed by atoms with E-state index in [1.807, 2.05) is 0 Å². The van der Waals surface area contributed by atoms with Crippen LogP contribution in [0, 0.1) is 0 Å². The number of hydrogen-bond donors (Lipinski definition) is 1. The van der Waals surface area contributed by atoms with Crippen LogP contribution in [0.25, 0.3) is 0 Å². The Hall–Kier alpha value is -0.410. The van der Waals surface area contributed by atoms with Crippen molar-refractivity contribution in [3.63, 3.8) is 0 Å². The Labute approximate surface area is 60.6 Å². The molecule has 1 saturated heterocycles. The van der Waals surface area contributed by atoms with Crippen LogP contribution >= 0.6 is 0 Å². The maximum absolute atomic E-state index is 10.0. The van der Waals surface area contributed by atoms with Crippen LogP contribution in [0.15, 0.2) is 0 Å². The molecule has 1 fully saturated rings. The summed E-state index contributed by atoms with van der Waals surface area (Å²) < 4.78 is 0. The molecule has 0 unspecified atom stereocenters. The predicted octanol–water partition coefficient (Wildman–Crippen LogP) is -0.358. The van der Waals surface area contributed by atoms with Gasteiger partial charge in [-0.15, -0.1) is 0 Å². The van der Waals surface area contributed by atoms with E-state index in [1.165, 1.54) is 12.8 Å². The second kappa shape index (κ2) is 3.68. The normalized spacial score (nSPS) is 22.9. The van der Waals surface area contributed by atoms with Gasteiger partial charge in [0.15, 0.2) is 0 Å². The van der Waals surface area contributed by atoms with E-state index in [1.54, 1.807) is 0 Å². The lowest BCUT2D eigenvalue weighted by Gasteiger charge is -2.14. The van der Waals surface area contributed by atoms with Crippen molar-refractivity contribution < 1.29 is 9.90 Å². The minimum Gasteiger partial charge on any atom is -0.384 e. The van der Waals surface area contributed by atoms with Gasteiger partial charge in [0.05, 0.1) is 0 Å². The summed E-state index contributed by atoms with van der Waals surface area (Å²) in [6.45, 7) is 2.58. The van der Waals surface area contributed by atoms with Crippen molar-refractivity contribution in [2.75, 3.05) is 19.6 Å². The third-order valence-electron chi connectivity index (χ3n) is 1.80. The van der Waals surface area contributed by atoms with Crippen molar-refractivity contribution >= 4 is 6.29 Å². The number of aliphatic hydroxyl groups is 1. The molecule has 1 atom stereocenters. The molecule has 0 aromatic heterocycles. The third-order valence-corrected chi connectivity index (χ3v) is 1.80. The molecule has 1 rings (SSSR count). The molecule has 10 heavy (non-hydrogen) atoms. The first-order valence-corrected chi connectivity index (χ1v) is 3.68. The first-order chi connectivity index (χ1) is 4.83. The molecule has 0 bridgehead atoms. The molecule has 1 N–H and O–H groups in total. The predicted molar refractivity (Wildman–Crippen MR) is 37.7 cm³/mol. The number of carbonyl (C=O) groups excluding carboxylic acids is 1. The number of rotatable bonds is 3. The molecule has 58 valence electrons. The number of nitrogens with zero attached hydrogens (tertiary/aromatic N) is 1. The highest BCUT2D eigenvalue weighted by atomic mass is 16.3. The smallest absolute Gasteiger partial charge is 0.149 e. The quantitative estimate of drug-likeness (QED) is 0.548. The van der Waals surface area contributed by atoms with Gasteiger partial charge >= 0.3 is 0 Å². The fraction of sp³-hybridized carbons (Fsp3) is 0.857. The van der Waals surface area contributed by atoms with E-state index in [0.29, 0.717) is 12.8 Å². The van der Waals surface area contributed by atoms with Crippen LogP contribution in [0.3, 0.4) is 0 Å². The average molecular weight is 143 g/mol. The zero-order valence-corrected chi connectivity index (χ0v) is 5.99. The van der Waals surface area contributed by atoms with Crippen LogP contribution in [0.1, 0.15) is 12.8 Å². The van der Waals surface area contributed by atoms with Gasteiger partial charge in [-0.1, -0.05) is 0 Å². The van der Waals surface area contributed by atoms with E-state index in [0.717, 1.165) is 13.1 Å². The minimum absolute atomic E-state index is 0.517. The average Bonchev–Trinajstić information content (AvgIpc) is 2.40. The SMILES string of the molecule is O=C[C@H](O)CN1CCCC1. The molecule has 3 nitrogen and oxygen atoms in total. The van der Waals surface area contributed by atoms with Crippen molar-refractivity contribution in [1.82, 2.24) is 4.90 Å². The molecule has 1 aliphatic heterocycles. The van der Waals surface area contributed by atoms with Crippen LogP contribution in [-0.4, -0.2) is 42.0 Å². The zero-order chi connectivity index (χ0) is 7.40. The van der Waals surface area contributed by atoms with Crippen molar-refractivity contribution in [2.24, 2.45) is 0 Å². The summed E-state index contributed by atoms with van der Waals surface area (Å²) in [6.07, 6.45) is 2.22. The van der Waals surface area contributed by atoms with Crippen molar-refractivity contribution in [1.29, 1.82) is 0 Å². The highest BCUT2D eigenvalue weighted by Gasteiger charge is 2.14. The largest absolute Gasteiger partial charge is 0.384 e. The van der Waals surface area contributed by atoms with E-state index >= 15 is 0 Å². The molecular weight excluding hydrogens is 130 g/mol. The molecule has 0 aliphatic carbocycles. The van der Waals surface area contributed by atoms with E-state index in [9.17, 15) is 4.79 Å². The summed E-state index contributed by atoms with van der Waals surface area (Å²) in [5.41, 5.74) is 0. The minimum atomic E-state index is -0.780. The third kappa shape index (κ3) is 2.08. The maximum Gasteiger partial charge on any atom is 0.149 e. The molecule has 1 heterocycles. The number of carbonyl (C=O) groups is 1. The van der Waals surface area contributed by atoms with Crippen LogP contribution in [0.5, 0.6) is 0 Å². The van der Waals surface area contributed by atoms with Crippen molar-refractivity contribution in [3.05, 3.63) is 0 Å². The van der Waals surface area contributed by atoms with Gasteiger partial charge in [-0.05, 0) is 25.9 Å². The van der Waals surface area contributed by atoms with E-state index < -0.39 is 6.10 Å². The van der Waals surface area contributed by atoms with Gasteiger partial charge in [-0.3, -0.25) is 0 Å². The Balaban J connectivity index is 2.17. The van der Waals surface area contributed by atoms with Crippen LogP contribution in [0.4, 0.5) is 0 Å². The first kappa shape index (κ1) is 7.69. The maximum atomic E-state index is 10.0. The Morgan fingerprint density at radius 1 is 1.50 bits per heavy atom. The summed E-state index contributed by atoms with van der Waals surface area (Å²) in [6, 6.07) is 0. The van der Waals surface area contributed by atoms with Crippen LogP contribution < -0.4 is 0 Å². The number of β-amino-alcohol motifs (C(OH)–C–C–N with tert-alkyl or cyclic N) is 1. The number of hydrogen-bond acceptors (Lipinski definition) is 3. The summed E-state index contributed by atoms with van der Waals surface area (Å²) in [4.78, 5) is 12.1. The lowest BCUT2D eigenvalue weighted by Crippen LogP contribution is -2.30. The zero-order valence-electron chi connectivity index (χ0n) is 5.99. The van der Waals surface area contributed by atoms with Gasteiger partial charge in [-0.2, -0.15) is 0 Å². The molecule has 0 saturated carbocycles. The Morgan fingerprint density at radius 3 is 2.60 bits per heavy atom. The summed E-state index contributed by atoms with van der Waals surface area (Å²) in [7, 11) is 0. The molecule has 0 amide bonds. The molecule has 1 aliphatic rings. The van der Waals surface area contributed by atoms with Crippen LogP contribution in [0.2, 0.25) is 0 Å². The highest BCUT2D eigenvalue weighted by Crippen LogP contribution is 2.06. The van der Waals surface area contributed by atoms with Gasteiger partial charge in [-0.25, -0.2) is 0 Å². The monoisotopic (exact) mass is 143 g/mol. The molecule has 0 spiro atoms. The van der Waals surface area contributed by atoms with Gasteiger partial charge in [0.2, 0.25) is 0 Å². The molecule has 0 aromatic carbocycles. The van der Waals surface area contributed by atoms with Gasteiger partial charge in [0, 0.05) is 6.54 Å².